The van der Waals surface area contributed by atoms with E-state index in [0.29, 0.717) is 50.0 Å². The van der Waals surface area contributed by atoms with Gasteiger partial charge >= 0.3 is 0 Å². The first kappa shape index (κ1) is 22.2. The predicted molar refractivity (Wildman–Crippen MR) is 113 cm³/mol. The molecule has 7 nitrogen and oxygen atoms in total. The van der Waals surface area contributed by atoms with Crippen LogP contribution in [0, 0.1) is 6.92 Å². The fraction of sp³-hybridized carbons (Fsp3) is 0.667. The maximum absolute atomic E-state index is 13.0. The number of piperidine rings is 1. The van der Waals surface area contributed by atoms with Crippen molar-refractivity contribution in [3.8, 4) is 0 Å². The summed E-state index contributed by atoms with van der Waals surface area (Å²) >= 11 is 0. The average molecular weight is 424 g/mol. The molecule has 1 amide bonds. The van der Waals surface area contributed by atoms with Crippen molar-refractivity contribution < 1.29 is 17.9 Å². The Bertz CT molecular complexity index is 806. The monoisotopic (exact) mass is 423 g/mol. The molecule has 0 unspecified atom stereocenters. The van der Waals surface area contributed by atoms with E-state index in [2.05, 4.69) is 17.1 Å². The van der Waals surface area contributed by atoms with Crippen molar-refractivity contribution in [2.24, 2.45) is 0 Å². The van der Waals surface area contributed by atoms with Gasteiger partial charge in [-0.15, -0.1) is 0 Å². The number of morpholine rings is 1. The van der Waals surface area contributed by atoms with Crippen molar-refractivity contribution in [3.63, 3.8) is 0 Å². The van der Waals surface area contributed by atoms with Gasteiger partial charge in [0, 0.05) is 37.8 Å². The summed E-state index contributed by atoms with van der Waals surface area (Å²) in [5.74, 6) is -0.227. The highest BCUT2D eigenvalue weighted by Crippen LogP contribution is 2.22. The molecule has 0 aliphatic carbocycles. The molecule has 1 N–H and O–H groups in total. The molecule has 1 aromatic rings. The second-order valence-corrected chi connectivity index (χ2v) is 9.89. The summed E-state index contributed by atoms with van der Waals surface area (Å²) in [5.41, 5.74) is 1.03. The average Bonchev–Trinajstić information content (AvgIpc) is 2.73. The van der Waals surface area contributed by atoms with Gasteiger partial charge in [0.05, 0.1) is 18.1 Å². The number of hydrogen-bond donors (Lipinski definition) is 1. The largest absolute Gasteiger partial charge is 0.379 e. The second-order valence-electron chi connectivity index (χ2n) is 7.99. The van der Waals surface area contributed by atoms with Crippen molar-refractivity contribution in [2.45, 2.75) is 50.5 Å². The van der Waals surface area contributed by atoms with Gasteiger partial charge in [-0.1, -0.05) is 12.5 Å². The molecule has 2 aliphatic rings. The lowest BCUT2D eigenvalue weighted by molar-refractivity contribution is 0.0730. The predicted octanol–water partition coefficient (Wildman–Crippen LogP) is 2.01. The number of aryl methyl sites for hydroxylation is 1. The highest BCUT2D eigenvalue weighted by Gasteiger charge is 2.28. The van der Waals surface area contributed by atoms with Crippen LogP contribution in [0.3, 0.4) is 0 Å². The number of amides is 1. The summed E-state index contributed by atoms with van der Waals surface area (Å²) in [4.78, 5) is 15.3. The molecule has 0 radical (unpaired) electrons. The number of nitrogens with zero attached hydrogens (tertiary/aromatic N) is 2. The number of ether oxygens (including phenoxy) is 1. The van der Waals surface area contributed by atoms with E-state index in [-0.39, 0.29) is 10.8 Å². The summed E-state index contributed by atoms with van der Waals surface area (Å²) < 4.78 is 32.6. The van der Waals surface area contributed by atoms with Gasteiger partial charge in [0.25, 0.3) is 5.91 Å². The number of hydrogen-bond acceptors (Lipinski definition) is 5. The number of likely N-dealkylation sites (tertiary alicyclic amines) is 1. The lowest BCUT2D eigenvalue weighted by Crippen LogP contribution is -2.41. The minimum atomic E-state index is -3.63. The van der Waals surface area contributed by atoms with Gasteiger partial charge in [-0.2, -0.15) is 4.31 Å². The molecule has 0 bridgehead atoms. The van der Waals surface area contributed by atoms with Gasteiger partial charge < -0.3 is 15.0 Å². The Labute approximate surface area is 174 Å². The van der Waals surface area contributed by atoms with E-state index in [4.69, 9.17) is 4.74 Å². The van der Waals surface area contributed by atoms with Crippen LogP contribution in [0.4, 0.5) is 0 Å². The van der Waals surface area contributed by atoms with Gasteiger partial charge in [-0.05, 0) is 57.4 Å². The minimum absolute atomic E-state index is 0.203. The van der Waals surface area contributed by atoms with E-state index in [0.717, 1.165) is 19.5 Å². The van der Waals surface area contributed by atoms with Crippen molar-refractivity contribution in [1.29, 1.82) is 0 Å². The summed E-state index contributed by atoms with van der Waals surface area (Å²) in [7, 11) is -3.63. The Balaban J connectivity index is 1.59. The van der Waals surface area contributed by atoms with Crippen molar-refractivity contribution >= 4 is 15.9 Å². The first-order valence-electron chi connectivity index (χ1n) is 10.6. The Morgan fingerprint density at radius 2 is 1.97 bits per heavy atom. The van der Waals surface area contributed by atoms with Gasteiger partial charge in [-0.25, -0.2) is 8.42 Å². The van der Waals surface area contributed by atoms with Gasteiger partial charge in [-0.3, -0.25) is 4.79 Å². The van der Waals surface area contributed by atoms with Gasteiger partial charge in [0.2, 0.25) is 10.0 Å². The van der Waals surface area contributed by atoms with E-state index in [1.54, 1.807) is 19.1 Å². The molecule has 1 aromatic carbocycles. The van der Waals surface area contributed by atoms with Crippen LogP contribution in [-0.4, -0.2) is 75.5 Å². The van der Waals surface area contributed by atoms with Crippen LogP contribution in [-0.2, 0) is 14.8 Å². The topological polar surface area (TPSA) is 79.0 Å². The maximum Gasteiger partial charge on any atom is 0.251 e. The summed E-state index contributed by atoms with van der Waals surface area (Å²) in [5, 5.41) is 2.94. The SMILES string of the molecule is Cc1ccc(C(=O)NCCCN2CCCC[C@@H]2C)cc1S(=O)(=O)N1CCOCC1. The minimum Gasteiger partial charge on any atom is -0.379 e. The number of benzene rings is 1. The highest BCUT2D eigenvalue weighted by atomic mass is 32.2. The molecule has 0 aromatic heterocycles. The Kier molecular flexibility index (Phi) is 7.67. The third kappa shape index (κ3) is 5.57. The fourth-order valence-electron chi connectivity index (χ4n) is 4.02. The lowest BCUT2D eigenvalue weighted by Gasteiger charge is -2.33. The smallest absolute Gasteiger partial charge is 0.251 e. The molecule has 0 saturated carbocycles. The summed E-state index contributed by atoms with van der Waals surface area (Å²) in [6.07, 6.45) is 4.69. The van der Waals surface area contributed by atoms with E-state index in [1.807, 2.05) is 0 Å². The number of carbonyl (C=O) groups excluding carboxylic acids is 1. The lowest BCUT2D eigenvalue weighted by atomic mass is 10.0. The van der Waals surface area contributed by atoms with Crippen LogP contribution in [0.1, 0.15) is 48.5 Å². The zero-order valence-corrected chi connectivity index (χ0v) is 18.3. The van der Waals surface area contributed by atoms with Crippen molar-refractivity contribution in [2.75, 3.05) is 45.9 Å². The standard InChI is InChI=1S/C21H33N3O4S/c1-17-7-8-19(16-20(17)29(26,27)24-12-14-28-15-13-24)21(25)22-9-5-11-23-10-4-3-6-18(23)2/h7-8,16,18H,3-6,9-15H2,1-2H3,(H,22,25)/t18-/m0/s1. The molecule has 162 valence electrons. The number of rotatable bonds is 7. The Morgan fingerprint density at radius 3 is 2.69 bits per heavy atom. The molecule has 2 saturated heterocycles. The molecule has 29 heavy (non-hydrogen) atoms. The van der Waals surface area contributed by atoms with Crippen LogP contribution < -0.4 is 5.32 Å². The van der Waals surface area contributed by atoms with Crippen LogP contribution in [0.25, 0.3) is 0 Å². The maximum atomic E-state index is 13.0. The van der Waals surface area contributed by atoms with Crippen molar-refractivity contribution in [1.82, 2.24) is 14.5 Å². The first-order chi connectivity index (χ1) is 13.9. The third-order valence-electron chi connectivity index (χ3n) is 5.89. The zero-order chi connectivity index (χ0) is 20.9. The molecule has 2 aliphatic heterocycles. The molecule has 8 heteroatoms. The van der Waals surface area contributed by atoms with Crippen LogP contribution >= 0.6 is 0 Å². The number of carbonyl (C=O) groups is 1. The first-order valence-corrected chi connectivity index (χ1v) is 12.0. The fourth-order valence-corrected chi connectivity index (χ4v) is 5.68. The molecule has 2 heterocycles. The molecule has 3 rings (SSSR count). The number of sulfonamides is 1. The molecular formula is C21H33N3O4S. The van der Waals surface area contributed by atoms with Crippen LogP contribution in [0.15, 0.2) is 23.1 Å². The van der Waals surface area contributed by atoms with E-state index in [9.17, 15) is 13.2 Å². The Morgan fingerprint density at radius 1 is 1.21 bits per heavy atom. The zero-order valence-electron chi connectivity index (χ0n) is 17.5. The van der Waals surface area contributed by atoms with E-state index < -0.39 is 10.0 Å². The van der Waals surface area contributed by atoms with Gasteiger partial charge in [0.15, 0.2) is 0 Å². The van der Waals surface area contributed by atoms with Crippen molar-refractivity contribution in [3.05, 3.63) is 29.3 Å². The number of nitrogens with one attached hydrogen (secondary N) is 1. The van der Waals surface area contributed by atoms with Gasteiger partial charge in [0.1, 0.15) is 0 Å². The highest BCUT2D eigenvalue weighted by molar-refractivity contribution is 7.89. The summed E-state index contributed by atoms with van der Waals surface area (Å²) in [6, 6.07) is 5.51. The normalized spacial score (nSPS) is 21.8. The second kappa shape index (κ2) is 10.0. The van der Waals surface area contributed by atoms with E-state index >= 15 is 0 Å². The molecular weight excluding hydrogens is 390 g/mol. The molecule has 2 fully saturated rings. The van der Waals surface area contributed by atoms with Crippen LogP contribution in [0.2, 0.25) is 0 Å². The van der Waals surface area contributed by atoms with E-state index in [1.165, 1.54) is 29.6 Å². The molecule has 1 atom stereocenters. The summed E-state index contributed by atoms with van der Waals surface area (Å²) in [6.45, 7) is 8.20. The van der Waals surface area contributed by atoms with Crippen LogP contribution in [0.5, 0.6) is 0 Å². The third-order valence-corrected chi connectivity index (χ3v) is 7.93. The Hall–Kier alpha value is -1.48. The molecule has 0 spiro atoms. The quantitative estimate of drug-likeness (QED) is 0.679.